The second-order valence-electron chi connectivity index (χ2n) is 5.84. The summed E-state index contributed by atoms with van der Waals surface area (Å²) >= 11 is 3.34. The van der Waals surface area contributed by atoms with E-state index in [0.717, 1.165) is 8.78 Å². The molecule has 3 rings (SSSR count). The molecule has 1 aliphatic heterocycles. The summed E-state index contributed by atoms with van der Waals surface area (Å²) in [6, 6.07) is 12.2. The molecule has 0 saturated carbocycles. The van der Waals surface area contributed by atoms with Gasteiger partial charge in [0.25, 0.3) is 5.91 Å². The number of halogens is 2. The zero-order valence-electron chi connectivity index (χ0n) is 14.5. The van der Waals surface area contributed by atoms with Crippen LogP contribution in [-0.2, 0) is 14.8 Å². The zero-order chi connectivity index (χ0) is 19.4. The lowest BCUT2D eigenvalue weighted by atomic mass is 10.2. The largest absolute Gasteiger partial charge is 0.457 e. The lowest BCUT2D eigenvalue weighted by Crippen LogP contribution is -2.59. The van der Waals surface area contributed by atoms with Crippen molar-refractivity contribution in [2.75, 3.05) is 19.6 Å². The van der Waals surface area contributed by atoms with Gasteiger partial charge in [-0.15, -0.1) is 12.4 Å². The van der Waals surface area contributed by atoms with Crippen LogP contribution in [0.25, 0.3) is 0 Å². The van der Waals surface area contributed by atoms with Crippen LogP contribution in [0.4, 0.5) is 0 Å². The Hall–Kier alpha value is -1.69. The number of amides is 1. The molecular weight excluding hydrogens is 474 g/mol. The van der Waals surface area contributed by atoms with E-state index < -0.39 is 22.0 Å². The number of benzene rings is 2. The summed E-state index contributed by atoms with van der Waals surface area (Å²) in [6.07, 6.45) is 0. The third-order valence-corrected chi connectivity index (χ3v) is 6.54. The molecule has 0 bridgehead atoms. The van der Waals surface area contributed by atoms with Gasteiger partial charge in [-0.25, -0.2) is 13.9 Å². The number of ether oxygens (including phenoxy) is 1. The predicted molar refractivity (Wildman–Crippen MR) is 108 cm³/mol. The van der Waals surface area contributed by atoms with E-state index in [1.54, 1.807) is 24.3 Å². The van der Waals surface area contributed by atoms with Gasteiger partial charge >= 0.3 is 0 Å². The fourth-order valence-electron chi connectivity index (χ4n) is 2.73. The highest BCUT2D eigenvalue weighted by Gasteiger charge is 2.37. The van der Waals surface area contributed by atoms with Crippen LogP contribution in [0.1, 0.15) is 0 Å². The lowest BCUT2D eigenvalue weighted by molar-refractivity contribution is -0.133. The molecule has 1 amide bonds. The highest BCUT2D eigenvalue weighted by Crippen LogP contribution is 2.26. The number of rotatable bonds is 5. The Morgan fingerprint density at radius 2 is 1.71 bits per heavy atom. The van der Waals surface area contributed by atoms with Gasteiger partial charge < -0.3 is 10.1 Å². The number of carbonyl (C=O) groups excluding carboxylic acids is 1. The monoisotopic (exact) mass is 491 g/mol. The first kappa shape index (κ1) is 22.6. The van der Waals surface area contributed by atoms with E-state index in [9.17, 15) is 13.2 Å². The first-order chi connectivity index (χ1) is 12.9. The topological polar surface area (TPSA) is 108 Å². The van der Waals surface area contributed by atoms with Gasteiger partial charge in [-0.05, 0) is 48.5 Å². The Labute approximate surface area is 177 Å². The van der Waals surface area contributed by atoms with Crippen LogP contribution in [0.5, 0.6) is 11.5 Å². The van der Waals surface area contributed by atoms with E-state index in [4.69, 9.17) is 9.94 Å². The molecule has 152 valence electrons. The summed E-state index contributed by atoms with van der Waals surface area (Å²) in [5.74, 6) is 0.331. The average Bonchev–Trinajstić information content (AvgIpc) is 2.69. The molecule has 1 aliphatic rings. The van der Waals surface area contributed by atoms with Crippen molar-refractivity contribution in [3.8, 4) is 11.5 Å². The van der Waals surface area contributed by atoms with Crippen LogP contribution in [0.3, 0.4) is 0 Å². The standard InChI is InChI=1S/C17H18BrN3O5S.ClH/c18-12-1-3-13(4-2-12)26-14-5-7-15(8-6-14)27(24,25)21-10-9-19-11-16(21)17(22)20-23;/h1-8,16,19,23H,9-11H2,(H,20,22);1H/t16-;/m1./s1. The minimum atomic E-state index is -3.90. The molecule has 0 unspecified atom stereocenters. The van der Waals surface area contributed by atoms with Crippen molar-refractivity contribution in [3.05, 3.63) is 53.0 Å². The van der Waals surface area contributed by atoms with Crippen LogP contribution in [-0.4, -0.2) is 49.5 Å². The van der Waals surface area contributed by atoms with Crippen LogP contribution >= 0.6 is 28.3 Å². The quantitative estimate of drug-likeness (QED) is 0.436. The third kappa shape index (κ3) is 5.02. The molecule has 0 radical (unpaired) electrons. The molecular formula is C17H19BrClN3O5S. The van der Waals surface area contributed by atoms with Gasteiger partial charge in [0.2, 0.25) is 10.0 Å². The molecule has 1 saturated heterocycles. The summed E-state index contributed by atoms with van der Waals surface area (Å²) in [6.45, 7) is 0.660. The highest BCUT2D eigenvalue weighted by molar-refractivity contribution is 9.10. The van der Waals surface area contributed by atoms with Crippen molar-refractivity contribution in [1.82, 2.24) is 15.1 Å². The Morgan fingerprint density at radius 3 is 2.29 bits per heavy atom. The van der Waals surface area contributed by atoms with Gasteiger partial charge in [0.15, 0.2) is 0 Å². The number of carbonyl (C=O) groups is 1. The van der Waals surface area contributed by atoms with Crippen molar-refractivity contribution in [3.63, 3.8) is 0 Å². The first-order valence-corrected chi connectivity index (χ1v) is 10.3. The molecule has 8 nitrogen and oxygen atoms in total. The number of nitrogens with zero attached hydrogens (tertiary/aromatic N) is 1. The Morgan fingerprint density at radius 1 is 1.14 bits per heavy atom. The maximum atomic E-state index is 12.9. The number of nitrogens with one attached hydrogen (secondary N) is 2. The van der Waals surface area contributed by atoms with Gasteiger partial charge in [-0.1, -0.05) is 15.9 Å². The van der Waals surface area contributed by atoms with Gasteiger partial charge in [0.05, 0.1) is 4.90 Å². The fraction of sp³-hybridized carbons (Fsp3) is 0.235. The number of sulfonamides is 1. The Balaban J connectivity index is 0.00000280. The fourth-order valence-corrected chi connectivity index (χ4v) is 4.58. The summed E-state index contributed by atoms with van der Waals surface area (Å²) in [5.41, 5.74) is 1.52. The highest BCUT2D eigenvalue weighted by atomic mass is 79.9. The van der Waals surface area contributed by atoms with Crippen molar-refractivity contribution in [2.45, 2.75) is 10.9 Å². The molecule has 0 aromatic heterocycles. The van der Waals surface area contributed by atoms with E-state index in [-0.39, 0.29) is 30.4 Å². The maximum absolute atomic E-state index is 12.9. The third-order valence-electron chi connectivity index (χ3n) is 4.09. The van der Waals surface area contributed by atoms with E-state index in [2.05, 4.69) is 21.2 Å². The van der Waals surface area contributed by atoms with Gasteiger partial charge in [0.1, 0.15) is 17.5 Å². The maximum Gasteiger partial charge on any atom is 0.263 e. The summed E-state index contributed by atoms with van der Waals surface area (Å²) in [4.78, 5) is 11.9. The van der Waals surface area contributed by atoms with E-state index in [1.165, 1.54) is 17.6 Å². The van der Waals surface area contributed by atoms with E-state index in [1.807, 2.05) is 12.1 Å². The van der Waals surface area contributed by atoms with Crippen LogP contribution in [0.15, 0.2) is 57.9 Å². The molecule has 2 aromatic carbocycles. The molecule has 1 heterocycles. The van der Waals surface area contributed by atoms with Crippen molar-refractivity contribution in [1.29, 1.82) is 0 Å². The van der Waals surface area contributed by atoms with Crippen LogP contribution in [0.2, 0.25) is 0 Å². The minimum absolute atomic E-state index is 0. The molecule has 3 N–H and O–H groups in total. The smallest absolute Gasteiger partial charge is 0.263 e. The average molecular weight is 493 g/mol. The number of hydrogen-bond acceptors (Lipinski definition) is 6. The van der Waals surface area contributed by atoms with Crippen LogP contribution in [0, 0.1) is 0 Å². The van der Waals surface area contributed by atoms with E-state index >= 15 is 0 Å². The number of hydrogen-bond donors (Lipinski definition) is 3. The van der Waals surface area contributed by atoms with Crippen molar-refractivity contribution < 1.29 is 23.2 Å². The van der Waals surface area contributed by atoms with Gasteiger partial charge in [-0.2, -0.15) is 4.31 Å². The van der Waals surface area contributed by atoms with E-state index in [0.29, 0.717) is 18.0 Å². The first-order valence-electron chi connectivity index (χ1n) is 8.12. The summed E-state index contributed by atoms with van der Waals surface area (Å²) in [7, 11) is -3.90. The van der Waals surface area contributed by atoms with Crippen LogP contribution < -0.4 is 15.5 Å². The molecule has 11 heteroatoms. The summed E-state index contributed by atoms with van der Waals surface area (Å²) < 4.78 is 33.5. The molecule has 1 fully saturated rings. The molecule has 0 spiro atoms. The Bertz CT molecular complexity index is 909. The molecule has 0 aliphatic carbocycles. The number of piperazine rings is 1. The minimum Gasteiger partial charge on any atom is -0.457 e. The second kappa shape index (κ2) is 9.68. The van der Waals surface area contributed by atoms with Crippen molar-refractivity contribution in [2.24, 2.45) is 0 Å². The lowest BCUT2D eigenvalue weighted by Gasteiger charge is -2.33. The molecule has 1 atom stereocenters. The zero-order valence-corrected chi connectivity index (χ0v) is 17.8. The Kier molecular flexibility index (Phi) is 7.81. The SMILES string of the molecule is Cl.O=C(NO)[C@H]1CNCCN1S(=O)(=O)c1ccc(Oc2ccc(Br)cc2)cc1. The van der Waals surface area contributed by atoms with Crippen molar-refractivity contribution >= 4 is 44.3 Å². The number of hydroxylamine groups is 1. The second-order valence-corrected chi connectivity index (χ2v) is 8.65. The molecule has 28 heavy (non-hydrogen) atoms. The predicted octanol–water partition coefficient (Wildman–Crippen LogP) is 2.13. The molecule has 2 aromatic rings. The van der Waals surface area contributed by atoms with Gasteiger partial charge in [0, 0.05) is 24.1 Å². The normalized spacial score (nSPS) is 17.4. The van der Waals surface area contributed by atoms with Gasteiger partial charge in [-0.3, -0.25) is 10.0 Å². The summed E-state index contributed by atoms with van der Waals surface area (Å²) in [5, 5.41) is 11.8.